The Labute approximate surface area is 364 Å². The van der Waals surface area contributed by atoms with Crippen molar-refractivity contribution < 1.29 is 16.8 Å². The molecule has 0 spiro atoms. The third-order valence-electron chi connectivity index (χ3n) is 11.0. The fourth-order valence-electron chi connectivity index (χ4n) is 7.54. The molecule has 2 aliphatic rings. The fraction of sp³-hybridized carbons (Fsp3) is 0.364. The van der Waals surface area contributed by atoms with Gasteiger partial charge in [0, 0.05) is 82.0 Å². The zero-order valence-corrected chi connectivity index (χ0v) is 38.5. The summed E-state index contributed by atoms with van der Waals surface area (Å²) in [7, 11) is 6.28. The first kappa shape index (κ1) is 45.4. The number of aromatic nitrogens is 6. The number of aryl methyl sites for hydroxylation is 4. The number of anilines is 4. The minimum absolute atomic E-state index is 0.436. The molecule has 0 fully saturated rings. The van der Waals surface area contributed by atoms with Crippen molar-refractivity contribution in [3.63, 3.8) is 0 Å². The SMILES string of the molecule is CCc1cc(C2=CCN(S(C)(=O)=O)CC2)ccc1N(C)c1cc2c(cn1)ncn2C.CCc1cc(C2=CCNCC2)ccc1N(C)c1cc2c(cn1)ncn2C.CS(=O)(=O)Cl. The van der Waals surface area contributed by atoms with E-state index >= 15 is 0 Å². The minimum atomic E-state index is -3.19. The maximum atomic E-state index is 11.7. The average molecular weight is 888 g/mol. The number of hydrogen-bond acceptors (Lipinski definition) is 11. The lowest BCUT2D eigenvalue weighted by atomic mass is 9.96. The van der Waals surface area contributed by atoms with Gasteiger partial charge in [0.05, 0.1) is 48.6 Å². The Morgan fingerprint density at radius 2 is 1.18 bits per heavy atom. The summed E-state index contributed by atoms with van der Waals surface area (Å²) in [6, 6.07) is 17.4. The van der Waals surface area contributed by atoms with Gasteiger partial charge in [-0.05, 0) is 89.9 Å². The summed E-state index contributed by atoms with van der Waals surface area (Å²) in [6.07, 6.45) is 17.5. The molecule has 1 N–H and O–H groups in total. The Hall–Kier alpha value is -5.13. The van der Waals surface area contributed by atoms with Crippen LogP contribution >= 0.6 is 10.7 Å². The zero-order valence-electron chi connectivity index (χ0n) is 36.1. The van der Waals surface area contributed by atoms with Crippen molar-refractivity contribution in [1.29, 1.82) is 0 Å². The molecule has 0 saturated carbocycles. The van der Waals surface area contributed by atoms with Crippen LogP contribution in [-0.2, 0) is 46.0 Å². The Morgan fingerprint density at radius 3 is 1.57 bits per heavy atom. The van der Waals surface area contributed by atoms with Crippen LogP contribution in [0, 0.1) is 0 Å². The van der Waals surface area contributed by atoms with Crippen LogP contribution in [0.1, 0.15) is 48.9 Å². The zero-order chi connectivity index (χ0) is 44.1. The number of fused-ring (bicyclic) bond motifs is 2. The van der Waals surface area contributed by atoms with Crippen LogP contribution < -0.4 is 15.1 Å². The van der Waals surface area contributed by atoms with E-state index in [4.69, 9.17) is 0 Å². The van der Waals surface area contributed by atoms with Crippen molar-refractivity contribution in [2.75, 3.05) is 62.6 Å². The standard InChI is InChI=1S/C22H27N5O2S.C21H25N5.CH3ClO2S/c1-5-16-12-18(17-8-10-27(11-9-17)30(4,28)29)6-7-20(16)26(3)22-13-21-19(14-23-22)24-15-25(21)2;1-4-15-11-17(16-7-9-22-10-8-16)5-6-19(15)26(3)21-12-20-18(13-23-21)24-14-25(20)2;1-5(2,3)4/h6-8,12-15H,5,9-11H2,1-4H3;5-7,11-14,22H,4,8-10H2,1-3H3;1H3. The van der Waals surface area contributed by atoms with Crippen LogP contribution in [0.25, 0.3) is 33.2 Å². The van der Waals surface area contributed by atoms with Crippen molar-refractivity contribution in [1.82, 2.24) is 38.7 Å². The molecule has 8 rings (SSSR count). The van der Waals surface area contributed by atoms with Crippen LogP contribution in [0.15, 0.2) is 85.7 Å². The molecule has 0 bridgehead atoms. The minimum Gasteiger partial charge on any atom is -0.334 e. The number of sulfonamides is 1. The second-order valence-electron chi connectivity index (χ2n) is 15.3. The first-order valence-electron chi connectivity index (χ1n) is 20.2. The summed E-state index contributed by atoms with van der Waals surface area (Å²) >= 11 is 0. The van der Waals surface area contributed by atoms with Gasteiger partial charge < -0.3 is 24.3 Å². The molecule has 61 heavy (non-hydrogen) atoms. The van der Waals surface area contributed by atoms with E-state index in [0.29, 0.717) is 13.1 Å². The van der Waals surface area contributed by atoms with Gasteiger partial charge in [0.1, 0.15) is 22.7 Å². The number of imidazole rings is 2. The van der Waals surface area contributed by atoms with Gasteiger partial charge in [-0.2, -0.15) is 4.31 Å². The predicted molar refractivity (Wildman–Crippen MR) is 250 cm³/mol. The summed E-state index contributed by atoms with van der Waals surface area (Å²) in [4.78, 5) is 22.2. The van der Waals surface area contributed by atoms with E-state index in [-0.39, 0.29) is 0 Å². The monoisotopic (exact) mass is 886 g/mol. The van der Waals surface area contributed by atoms with E-state index in [1.165, 1.54) is 44.1 Å². The van der Waals surface area contributed by atoms with Crippen molar-refractivity contribution >= 4 is 86.0 Å². The molecule has 324 valence electrons. The van der Waals surface area contributed by atoms with E-state index in [1.807, 2.05) is 55.1 Å². The molecule has 2 aliphatic heterocycles. The molecule has 4 aromatic heterocycles. The summed E-state index contributed by atoms with van der Waals surface area (Å²) in [5.74, 6) is 1.80. The Morgan fingerprint density at radius 1 is 0.705 bits per heavy atom. The molecule has 2 aromatic carbocycles. The van der Waals surface area contributed by atoms with Gasteiger partial charge in [-0.3, -0.25) is 0 Å². The topological polar surface area (TPSA) is 151 Å². The molecule has 0 unspecified atom stereocenters. The van der Waals surface area contributed by atoms with Gasteiger partial charge in [0.25, 0.3) is 0 Å². The molecule has 0 aliphatic carbocycles. The lowest BCUT2D eigenvalue weighted by Gasteiger charge is -2.26. The predicted octanol–water partition coefficient (Wildman–Crippen LogP) is 7.21. The van der Waals surface area contributed by atoms with Crippen LogP contribution in [0.4, 0.5) is 23.0 Å². The number of benzene rings is 2. The van der Waals surface area contributed by atoms with Gasteiger partial charge in [-0.1, -0.05) is 38.1 Å². The van der Waals surface area contributed by atoms with Crippen LogP contribution in [0.5, 0.6) is 0 Å². The Bertz CT molecular complexity index is 2810. The molecule has 6 aromatic rings. The summed E-state index contributed by atoms with van der Waals surface area (Å²) in [5.41, 5.74) is 14.0. The maximum Gasteiger partial charge on any atom is 0.229 e. The highest BCUT2D eigenvalue weighted by Crippen LogP contribution is 2.33. The molecule has 0 saturated heterocycles. The molecule has 0 amide bonds. The number of nitrogens with one attached hydrogen (secondary N) is 1. The van der Waals surface area contributed by atoms with E-state index in [2.05, 4.69) is 121 Å². The Balaban J connectivity index is 0.000000185. The third kappa shape index (κ3) is 11.2. The lowest BCUT2D eigenvalue weighted by molar-refractivity contribution is 0.446. The molecule has 17 heteroatoms. The highest BCUT2D eigenvalue weighted by Gasteiger charge is 2.21. The van der Waals surface area contributed by atoms with Crippen molar-refractivity contribution in [2.45, 2.75) is 39.5 Å². The van der Waals surface area contributed by atoms with E-state index in [1.54, 1.807) is 6.33 Å². The largest absolute Gasteiger partial charge is 0.334 e. The fourth-order valence-corrected chi connectivity index (χ4v) is 8.31. The third-order valence-corrected chi connectivity index (χ3v) is 12.2. The first-order valence-corrected chi connectivity index (χ1v) is 24.7. The summed E-state index contributed by atoms with van der Waals surface area (Å²) in [6.45, 7) is 7.35. The lowest BCUT2D eigenvalue weighted by Crippen LogP contribution is -2.33. The number of rotatable bonds is 9. The number of nitrogens with zero attached hydrogens (tertiary/aromatic N) is 9. The van der Waals surface area contributed by atoms with Gasteiger partial charge in [-0.15, -0.1) is 0 Å². The Kier molecular flexibility index (Phi) is 14.4. The normalized spacial score (nSPS) is 14.7. The van der Waals surface area contributed by atoms with E-state index in [0.717, 1.165) is 90.0 Å². The van der Waals surface area contributed by atoms with Crippen molar-refractivity contribution in [2.24, 2.45) is 14.1 Å². The average Bonchev–Trinajstić information content (AvgIpc) is 3.82. The van der Waals surface area contributed by atoms with E-state index < -0.39 is 19.1 Å². The molecular formula is C44H55ClN10O4S2. The smallest absolute Gasteiger partial charge is 0.229 e. The number of pyridine rings is 2. The molecule has 6 heterocycles. The van der Waals surface area contributed by atoms with Crippen LogP contribution in [0.3, 0.4) is 0 Å². The first-order chi connectivity index (χ1) is 28.9. The second kappa shape index (κ2) is 19.3. The van der Waals surface area contributed by atoms with Gasteiger partial charge >= 0.3 is 0 Å². The maximum absolute atomic E-state index is 11.7. The van der Waals surface area contributed by atoms with Crippen molar-refractivity contribution in [3.8, 4) is 0 Å². The quantitative estimate of drug-likeness (QED) is 0.147. The highest BCUT2D eigenvalue weighted by atomic mass is 35.7. The summed E-state index contributed by atoms with van der Waals surface area (Å²) in [5, 5.41) is 3.38. The van der Waals surface area contributed by atoms with Crippen LogP contribution in [0.2, 0.25) is 0 Å². The molecule has 0 atom stereocenters. The second-order valence-corrected chi connectivity index (χ2v) is 20.3. The molecule has 0 radical (unpaired) electrons. The van der Waals surface area contributed by atoms with Gasteiger partial charge in [0.2, 0.25) is 19.1 Å². The van der Waals surface area contributed by atoms with Gasteiger partial charge in [0.15, 0.2) is 0 Å². The van der Waals surface area contributed by atoms with E-state index in [9.17, 15) is 16.8 Å². The summed E-state index contributed by atoms with van der Waals surface area (Å²) < 4.78 is 47.8. The van der Waals surface area contributed by atoms with Gasteiger partial charge in [-0.25, -0.2) is 36.8 Å². The molecular weight excluding hydrogens is 832 g/mol. The molecule has 14 nitrogen and oxygen atoms in total. The van der Waals surface area contributed by atoms with Crippen LogP contribution in [-0.4, -0.2) is 103 Å². The number of hydrogen-bond donors (Lipinski definition) is 1. The highest BCUT2D eigenvalue weighted by molar-refractivity contribution is 8.13. The number of halogens is 1. The van der Waals surface area contributed by atoms with Crippen molar-refractivity contribution in [3.05, 3.63) is 108 Å².